The van der Waals surface area contributed by atoms with Crippen molar-refractivity contribution in [3.8, 4) is 17.4 Å². The number of rotatable bonds is 0. The van der Waals surface area contributed by atoms with Gasteiger partial charge in [0.2, 0.25) is 23.9 Å². The Morgan fingerprint density at radius 2 is 1.83 bits per heavy atom. The summed E-state index contributed by atoms with van der Waals surface area (Å²) in [4.78, 5) is 26.7. The van der Waals surface area contributed by atoms with Gasteiger partial charge in [0.25, 0.3) is 0 Å². The average Bonchev–Trinajstić information content (AvgIpc) is 2.94. The van der Waals surface area contributed by atoms with E-state index in [0.29, 0.717) is 22.4 Å². The van der Waals surface area contributed by atoms with Crippen LogP contribution < -0.4 is 19.6 Å². The second kappa shape index (κ2) is 3.04. The summed E-state index contributed by atoms with van der Waals surface area (Å²) in [6.07, 6.45) is 0. The van der Waals surface area contributed by atoms with Gasteiger partial charge in [0.15, 0.2) is 18.1 Å². The molecular formula is C12H7NO5. The third-order valence-electron chi connectivity index (χ3n) is 3.09. The molecule has 0 spiro atoms. The molecule has 0 saturated carbocycles. The highest BCUT2D eigenvalue weighted by molar-refractivity contribution is 6.04. The number of aromatic nitrogens is 1. The van der Waals surface area contributed by atoms with Crippen LogP contribution in [-0.2, 0) is 0 Å². The third-order valence-corrected chi connectivity index (χ3v) is 3.09. The summed E-state index contributed by atoms with van der Waals surface area (Å²) in [5, 5.41) is 0.400. The van der Waals surface area contributed by atoms with Gasteiger partial charge < -0.3 is 19.2 Å². The van der Waals surface area contributed by atoms with E-state index in [4.69, 9.17) is 14.2 Å². The minimum absolute atomic E-state index is 0.0846. The monoisotopic (exact) mass is 245 g/mol. The van der Waals surface area contributed by atoms with Crippen LogP contribution in [0.15, 0.2) is 16.9 Å². The van der Waals surface area contributed by atoms with Crippen molar-refractivity contribution in [2.75, 3.05) is 13.4 Å². The highest BCUT2D eigenvalue weighted by atomic mass is 16.7. The summed E-state index contributed by atoms with van der Waals surface area (Å²) >= 11 is 0. The lowest BCUT2D eigenvalue weighted by Gasteiger charge is -2.03. The first-order valence-electron chi connectivity index (χ1n) is 5.39. The summed E-state index contributed by atoms with van der Waals surface area (Å²) in [5.74, 6) is 1.02. The van der Waals surface area contributed by atoms with Crippen LogP contribution >= 0.6 is 0 Å². The number of hydrogen-bond donors (Lipinski definition) is 1. The number of H-pyrrole nitrogens is 1. The van der Waals surface area contributed by atoms with Crippen LogP contribution in [-0.4, -0.2) is 24.2 Å². The third kappa shape index (κ3) is 1.07. The van der Waals surface area contributed by atoms with Gasteiger partial charge in [0.1, 0.15) is 5.56 Å². The molecule has 3 heterocycles. The van der Waals surface area contributed by atoms with Crippen LogP contribution in [0.5, 0.6) is 17.4 Å². The highest BCUT2D eigenvalue weighted by Gasteiger charge is 2.28. The second-order valence-corrected chi connectivity index (χ2v) is 4.12. The lowest BCUT2D eigenvalue weighted by atomic mass is 10.1. The van der Waals surface area contributed by atoms with Crippen molar-refractivity contribution in [2.24, 2.45) is 0 Å². The Morgan fingerprint density at radius 1 is 1.06 bits per heavy atom. The number of ketones is 1. The van der Waals surface area contributed by atoms with E-state index in [9.17, 15) is 9.59 Å². The molecule has 1 aromatic carbocycles. The molecule has 2 aliphatic rings. The van der Waals surface area contributed by atoms with Gasteiger partial charge in [-0.1, -0.05) is 0 Å². The summed E-state index contributed by atoms with van der Waals surface area (Å²) < 4.78 is 15.6. The smallest absolute Gasteiger partial charge is 0.231 e. The largest absolute Gasteiger partial charge is 0.470 e. The topological polar surface area (TPSA) is 77.6 Å². The molecule has 0 fully saturated rings. The first-order valence-corrected chi connectivity index (χ1v) is 5.39. The molecule has 1 aromatic heterocycles. The van der Waals surface area contributed by atoms with Crippen LogP contribution in [0.2, 0.25) is 0 Å². The van der Waals surface area contributed by atoms with Crippen molar-refractivity contribution in [3.63, 3.8) is 0 Å². The number of fused-ring (bicyclic) bond motifs is 3. The predicted molar refractivity (Wildman–Crippen MR) is 60.5 cm³/mol. The van der Waals surface area contributed by atoms with Gasteiger partial charge in [-0.15, -0.1) is 0 Å². The van der Waals surface area contributed by atoms with Gasteiger partial charge in [0, 0.05) is 6.07 Å². The van der Waals surface area contributed by atoms with E-state index >= 15 is 0 Å². The normalized spacial score (nSPS) is 15.9. The van der Waals surface area contributed by atoms with Crippen molar-refractivity contribution >= 4 is 16.7 Å². The molecule has 0 unspecified atom stereocenters. The maximum atomic E-state index is 12.2. The molecule has 18 heavy (non-hydrogen) atoms. The van der Waals surface area contributed by atoms with Crippen LogP contribution in [0.4, 0.5) is 0 Å². The molecule has 4 rings (SSSR count). The Balaban J connectivity index is 2.13. The minimum Gasteiger partial charge on any atom is -0.470 e. The molecule has 90 valence electrons. The number of Topliss-reactive ketones (excluding diaryl/α,β-unsaturated/α-hetero) is 1. The van der Waals surface area contributed by atoms with E-state index < -0.39 is 0 Å². The second-order valence-electron chi connectivity index (χ2n) is 4.12. The number of ether oxygens (including phenoxy) is 3. The molecule has 0 atom stereocenters. The summed E-state index contributed by atoms with van der Waals surface area (Å²) in [6, 6.07) is 3.26. The van der Waals surface area contributed by atoms with Crippen LogP contribution in [0, 0.1) is 0 Å². The van der Waals surface area contributed by atoms with Crippen LogP contribution in [0.1, 0.15) is 10.4 Å². The van der Waals surface area contributed by atoms with E-state index in [1.165, 1.54) is 0 Å². The maximum absolute atomic E-state index is 12.2. The average molecular weight is 245 g/mol. The lowest BCUT2D eigenvalue weighted by molar-refractivity contribution is 0.0959. The van der Waals surface area contributed by atoms with E-state index in [-0.39, 0.29) is 36.1 Å². The molecule has 0 saturated heterocycles. The van der Waals surface area contributed by atoms with Gasteiger partial charge in [-0.2, -0.15) is 0 Å². The fraction of sp³-hybridized carbons (Fsp3) is 0.167. The van der Waals surface area contributed by atoms with E-state index in [1.807, 2.05) is 0 Å². The van der Waals surface area contributed by atoms with Gasteiger partial charge in [-0.25, -0.2) is 0 Å². The van der Waals surface area contributed by atoms with E-state index in [1.54, 1.807) is 12.1 Å². The molecule has 0 radical (unpaired) electrons. The fourth-order valence-electron chi connectivity index (χ4n) is 2.23. The van der Waals surface area contributed by atoms with Gasteiger partial charge in [-0.05, 0) is 6.07 Å². The van der Waals surface area contributed by atoms with Gasteiger partial charge >= 0.3 is 0 Å². The number of nitrogens with one attached hydrogen (secondary N) is 1. The Morgan fingerprint density at radius 3 is 2.67 bits per heavy atom. The first-order chi connectivity index (χ1) is 8.74. The molecule has 0 aliphatic carbocycles. The van der Waals surface area contributed by atoms with Gasteiger partial charge in [0.05, 0.1) is 10.9 Å². The number of pyridine rings is 1. The Labute approximate surface area is 100 Å². The predicted octanol–water partition coefficient (Wildman–Crippen LogP) is 0.832. The Hall–Kier alpha value is -2.50. The number of aromatic amines is 1. The van der Waals surface area contributed by atoms with Crippen molar-refractivity contribution in [3.05, 3.63) is 27.9 Å². The number of benzene rings is 1. The number of carbonyl (C=O) groups is 1. The quantitative estimate of drug-likeness (QED) is 0.743. The zero-order chi connectivity index (χ0) is 12.3. The maximum Gasteiger partial charge on any atom is 0.231 e. The van der Waals surface area contributed by atoms with Crippen LogP contribution in [0.25, 0.3) is 10.9 Å². The molecule has 6 heteroatoms. The van der Waals surface area contributed by atoms with Crippen molar-refractivity contribution < 1.29 is 19.0 Å². The Kier molecular flexibility index (Phi) is 1.61. The summed E-state index contributed by atoms with van der Waals surface area (Å²) in [6.45, 7) is 0.0408. The Bertz CT molecular complexity index is 761. The fourth-order valence-corrected chi connectivity index (χ4v) is 2.23. The lowest BCUT2D eigenvalue weighted by Crippen LogP contribution is -2.13. The molecule has 2 aliphatic heterocycles. The molecule has 6 nitrogen and oxygen atoms in total. The summed E-state index contributed by atoms with van der Waals surface area (Å²) in [5.41, 5.74) is 0.318. The molecule has 1 N–H and O–H groups in total. The minimum atomic E-state index is -0.334. The van der Waals surface area contributed by atoms with Crippen molar-refractivity contribution in [1.82, 2.24) is 4.98 Å². The standard InChI is InChI=1S/C12H7NO5/c14-7-3-16-12-10(7)11(15)5-1-8-9(18-4-17-8)2-6(5)13-12/h1-2H,3-4H2,(H,13,15). The highest BCUT2D eigenvalue weighted by Crippen LogP contribution is 2.35. The van der Waals surface area contributed by atoms with Gasteiger partial charge in [-0.3, -0.25) is 9.59 Å². The number of carbonyl (C=O) groups excluding carboxylic acids is 1. The molecule has 2 aromatic rings. The molecular weight excluding hydrogens is 238 g/mol. The van der Waals surface area contributed by atoms with E-state index in [2.05, 4.69) is 4.98 Å². The summed E-state index contributed by atoms with van der Waals surface area (Å²) in [7, 11) is 0. The molecule has 0 bridgehead atoms. The van der Waals surface area contributed by atoms with Crippen LogP contribution in [0.3, 0.4) is 0 Å². The molecule has 0 amide bonds. The van der Waals surface area contributed by atoms with Crippen molar-refractivity contribution in [2.45, 2.75) is 0 Å². The zero-order valence-corrected chi connectivity index (χ0v) is 9.11. The zero-order valence-electron chi connectivity index (χ0n) is 9.11. The SMILES string of the molecule is O=C1COc2[nH]c3cc4c(cc3c(=O)c21)OCO4. The first kappa shape index (κ1) is 9.52. The number of hydrogen-bond acceptors (Lipinski definition) is 5. The van der Waals surface area contributed by atoms with E-state index in [0.717, 1.165) is 0 Å². The van der Waals surface area contributed by atoms with Crippen molar-refractivity contribution in [1.29, 1.82) is 0 Å².